The van der Waals surface area contributed by atoms with E-state index in [4.69, 9.17) is 5.73 Å². The van der Waals surface area contributed by atoms with Gasteiger partial charge in [0, 0.05) is 13.6 Å². The van der Waals surface area contributed by atoms with Crippen molar-refractivity contribution in [2.75, 3.05) is 17.6 Å². The van der Waals surface area contributed by atoms with E-state index in [0.717, 1.165) is 43.0 Å². The lowest BCUT2D eigenvalue weighted by molar-refractivity contribution is 0.389. The highest BCUT2D eigenvalue weighted by Gasteiger charge is 2.14. The van der Waals surface area contributed by atoms with Gasteiger partial charge >= 0.3 is 0 Å². The second kappa shape index (κ2) is 5.43. The van der Waals surface area contributed by atoms with Crippen molar-refractivity contribution in [3.63, 3.8) is 0 Å². The third-order valence-corrected chi connectivity index (χ3v) is 2.81. The van der Waals surface area contributed by atoms with Crippen molar-refractivity contribution in [2.24, 2.45) is 12.5 Å². The van der Waals surface area contributed by atoms with E-state index in [2.05, 4.69) is 38.1 Å². The highest BCUT2D eigenvalue weighted by Crippen LogP contribution is 2.24. The first-order valence-electron chi connectivity index (χ1n) is 6.40. The molecular formula is C13H26N4. The Morgan fingerprint density at radius 2 is 2.00 bits per heavy atom. The predicted octanol–water partition coefficient (Wildman–Crippen LogP) is 2.80. The van der Waals surface area contributed by atoms with Crippen molar-refractivity contribution in [1.29, 1.82) is 0 Å². The molecule has 1 aromatic rings. The van der Waals surface area contributed by atoms with Crippen LogP contribution in [-0.2, 0) is 13.5 Å². The molecule has 0 saturated carbocycles. The molecule has 0 unspecified atom stereocenters. The highest BCUT2D eigenvalue weighted by molar-refractivity contribution is 5.65. The number of nitrogens with one attached hydrogen (secondary N) is 1. The molecule has 4 heteroatoms. The van der Waals surface area contributed by atoms with E-state index >= 15 is 0 Å². The van der Waals surface area contributed by atoms with Crippen LogP contribution in [0.3, 0.4) is 0 Å². The average molecular weight is 238 g/mol. The molecule has 1 aromatic heterocycles. The summed E-state index contributed by atoms with van der Waals surface area (Å²) in [6.45, 7) is 9.79. The fourth-order valence-electron chi connectivity index (χ4n) is 1.78. The smallest absolute Gasteiger partial charge is 0.147 e. The van der Waals surface area contributed by atoms with E-state index in [-0.39, 0.29) is 0 Å². The average Bonchev–Trinajstić information content (AvgIpc) is 2.44. The van der Waals surface area contributed by atoms with E-state index in [1.54, 1.807) is 0 Å². The van der Waals surface area contributed by atoms with Crippen LogP contribution in [0.25, 0.3) is 0 Å². The first kappa shape index (κ1) is 13.9. The number of nitrogens with two attached hydrogens (primary N) is 1. The Balaban J connectivity index is 2.65. The van der Waals surface area contributed by atoms with Gasteiger partial charge in [0.15, 0.2) is 0 Å². The molecule has 0 bridgehead atoms. The third-order valence-electron chi connectivity index (χ3n) is 2.81. The van der Waals surface area contributed by atoms with Crippen LogP contribution in [0.5, 0.6) is 0 Å². The fourth-order valence-corrected chi connectivity index (χ4v) is 1.78. The Labute approximate surface area is 105 Å². The molecule has 0 aliphatic heterocycles. The van der Waals surface area contributed by atoms with Crippen LogP contribution in [0.1, 0.15) is 46.2 Å². The van der Waals surface area contributed by atoms with E-state index < -0.39 is 0 Å². The minimum absolute atomic E-state index is 0.340. The molecule has 4 nitrogen and oxygen atoms in total. The summed E-state index contributed by atoms with van der Waals surface area (Å²) < 4.78 is 1.85. The van der Waals surface area contributed by atoms with E-state index in [1.807, 2.05) is 11.7 Å². The lowest BCUT2D eigenvalue weighted by atomic mass is 9.92. The van der Waals surface area contributed by atoms with Crippen LogP contribution < -0.4 is 11.1 Å². The summed E-state index contributed by atoms with van der Waals surface area (Å²) in [7, 11) is 1.94. The number of aromatic nitrogens is 2. The summed E-state index contributed by atoms with van der Waals surface area (Å²) in [6.07, 6.45) is 3.13. The van der Waals surface area contributed by atoms with Crippen molar-refractivity contribution in [2.45, 2.75) is 47.0 Å². The van der Waals surface area contributed by atoms with Crippen molar-refractivity contribution in [3.8, 4) is 0 Å². The van der Waals surface area contributed by atoms with Crippen molar-refractivity contribution in [3.05, 3.63) is 5.69 Å². The Bertz CT molecular complexity index is 360. The quantitative estimate of drug-likeness (QED) is 0.829. The maximum Gasteiger partial charge on any atom is 0.147 e. The summed E-state index contributed by atoms with van der Waals surface area (Å²) in [5.41, 5.74) is 8.25. The SMILES string of the molecule is CCCc1nn(C)c(NCCC(C)(C)C)c1N. The van der Waals surface area contributed by atoms with Gasteiger partial charge in [-0.15, -0.1) is 0 Å². The van der Waals surface area contributed by atoms with Crippen molar-refractivity contribution >= 4 is 11.5 Å². The summed E-state index contributed by atoms with van der Waals surface area (Å²) in [4.78, 5) is 0. The Morgan fingerprint density at radius 1 is 1.35 bits per heavy atom. The molecule has 1 heterocycles. The number of rotatable bonds is 5. The third kappa shape index (κ3) is 3.95. The monoisotopic (exact) mass is 238 g/mol. The zero-order valence-electron chi connectivity index (χ0n) is 11.8. The molecule has 0 fully saturated rings. The zero-order chi connectivity index (χ0) is 13.1. The Kier molecular flexibility index (Phi) is 4.43. The summed E-state index contributed by atoms with van der Waals surface area (Å²) in [5, 5.41) is 7.84. The number of nitrogens with zero attached hydrogens (tertiary/aromatic N) is 2. The lowest BCUT2D eigenvalue weighted by Crippen LogP contribution is -2.15. The minimum Gasteiger partial charge on any atom is -0.394 e. The topological polar surface area (TPSA) is 55.9 Å². The summed E-state index contributed by atoms with van der Waals surface area (Å²) >= 11 is 0. The molecule has 0 saturated heterocycles. The molecular weight excluding hydrogens is 212 g/mol. The molecule has 0 aromatic carbocycles. The molecule has 3 N–H and O–H groups in total. The van der Waals surface area contributed by atoms with Crippen molar-refractivity contribution in [1.82, 2.24) is 9.78 Å². The standard InChI is InChI=1S/C13H26N4/c1-6-7-10-11(14)12(17(5)16-10)15-9-8-13(2,3)4/h15H,6-9,14H2,1-5H3. The van der Waals surface area contributed by atoms with Gasteiger partial charge in [-0.25, -0.2) is 0 Å². The largest absolute Gasteiger partial charge is 0.394 e. The molecule has 98 valence electrons. The van der Waals surface area contributed by atoms with Crippen LogP contribution in [-0.4, -0.2) is 16.3 Å². The van der Waals surface area contributed by atoms with Gasteiger partial charge in [-0.3, -0.25) is 4.68 Å². The molecule has 0 radical (unpaired) electrons. The van der Waals surface area contributed by atoms with Gasteiger partial charge in [-0.1, -0.05) is 34.1 Å². The van der Waals surface area contributed by atoms with Crippen LogP contribution in [0.2, 0.25) is 0 Å². The van der Waals surface area contributed by atoms with Gasteiger partial charge in [0.25, 0.3) is 0 Å². The number of hydrogen-bond acceptors (Lipinski definition) is 3. The molecule has 17 heavy (non-hydrogen) atoms. The maximum atomic E-state index is 6.09. The van der Waals surface area contributed by atoms with Gasteiger partial charge in [-0.05, 0) is 18.3 Å². The van der Waals surface area contributed by atoms with Gasteiger partial charge < -0.3 is 11.1 Å². The Hall–Kier alpha value is -1.19. The van der Waals surface area contributed by atoms with Gasteiger partial charge in [-0.2, -0.15) is 5.10 Å². The zero-order valence-corrected chi connectivity index (χ0v) is 11.8. The van der Waals surface area contributed by atoms with Gasteiger partial charge in [0.05, 0.1) is 11.4 Å². The number of aryl methyl sites for hydroxylation is 2. The number of hydrogen-bond donors (Lipinski definition) is 2. The molecule has 0 atom stereocenters. The van der Waals surface area contributed by atoms with Crippen LogP contribution in [0, 0.1) is 5.41 Å². The first-order chi connectivity index (χ1) is 7.85. The molecule has 1 rings (SSSR count). The van der Waals surface area contributed by atoms with Crippen LogP contribution in [0.4, 0.5) is 11.5 Å². The van der Waals surface area contributed by atoms with E-state index in [9.17, 15) is 0 Å². The fraction of sp³-hybridized carbons (Fsp3) is 0.769. The van der Waals surface area contributed by atoms with Gasteiger partial charge in [0.1, 0.15) is 5.82 Å². The summed E-state index contributed by atoms with van der Waals surface area (Å²) in [5.74, 6) is 0.956. The van der Waals surface area contributed by atoms with Crippen molar-refractivity contribution < 1.29 is 0 Å². The first-order valence-corrected chi connectivity index (χ1v) is 6.40. The molecule has 0 aliphatic rings. The molecule has 0 amide bonds. The molecule has 0 aliphatic carbocycles. The minimum atomic E-state index is 0.340. The lowest BCUT2D eigenvalue weighted by Gasteiger charge is -2.18. The number of anilines is 2. The van der Waals surface area contributed by atoms with Crippen LogP contribution in [0.15, 0.2) is 0 Å². The second-order valence-electron chi connectivity index (χ2n) is 5.82. The number of nitrogen functional groups attached to an aromatic ring is 1. The van der Waals surface area contributed by atoms with Crippen LogP contribution >= 0.6 is 0 Å². The second-order valence-corrected chi connectivity index (χ2v) is 5.82. The molecule has 0 spiro atoms. The normalized spacial score (nSPS) is 11.8. The Morgan fingerprint density at radius 3 is 2.53 bits per heavy atom. The van der Waals surface area contributed by atoms with Gasteiger partial charge in [0.2, 0.25) is 0 Å². The highest BCUT2D eigenvalue weighted by atomic mass is 15.3. The van der Waals surface area contributed by atoms with E-state index in [0.29, 0.717) is 5.41 Å². The maximum absolute atomic E-state index is 6.09. The predicted molar refractivity (Wildman–Crippen MR) is 74.2 cm³/mol. The summed E-state index contributed by atoms with van der Waals surface area (Å²) in [6, 6.07) is 0. The van der Waals surface area contributed by atoms with E-state index in [1.165, 1.54) is 0 Å².